The van der Waals surface area contributed by atoms with Gasteiger partial charge >= 0.3 is 11.9 Å². The van der Waals surface area contributed by atoms with E-state index in [0.717, 1.165) is 5.56 Å². The van der Waals surface area contributed by atoms with Crippen LogP contribution in [0.5, 0.6) is 0 Å². The lowest BCUT2D eigenvalue weighted by Gasteiger charge is -2.01. The van der Waals surface area contributed by atoms with Crippen molar-refractivity contribution in [1.29, 1.82) is 0 Å². The van der Waals surface area contributed by atoms with E-state index in [-0.39, 0.29) is 11.9 Å². The van der Waals surface area contributed by atoms with E-state index in [0.29, 0.717) is 34.5 Å². The topological polar surface area (TPSA) is 89.9 Å². The molecule has 8 heteroatoms. The van der Waals surface area contributed by atoms with Crippen molar-refractivity contribution in [3.05, 3.63) is 46.0 Å². The number of hydrazone groups is 1. The Labute approximate surface area is 149 Å². The van der Waals surface area contributed by atoms with Crippen molar-refractivity contribution in [2.45, 2.75) is 20.8 Å². The molecule has 132 valence electrons. The molecule has 25 heavy (non-hydrogen) atoms. The summed E-state index contributed by atoms with van der Waals surface area (Å²) >= 11 is 1.18. The second-order valence-corrected chi connectivity index (χ2v) is 5.87. The van der Waals surface area contributed by atoms with Gasteiger partial charge < -0.3 is 9.47 Å². The molecule has 7 nitrogen and oxygen atoms in total. The number of ether oxygens (including phenoxy) is 2. The third-order valence-electron chi connectivity index (χ3n) is 3.05. The quantitative estimate of drug-likeness (QED) is 0.462. The van der Waals surface area contributed by atoms with Gasteiger partial charge in [-0.1, -0.05) is 23.5 Å². The van der Waals surface area contributed by atoms with E-state index in [9.17, 15) is 9.59 Å². The largest absolute Gasteiger partial charge is 0.462 e. The van der Waals surface area contributed by atoms with Gasteiger partial charge in [0.05, 0.1) is 30.7 Å². The lowest BCUT2D eigenvalue weighted by atomic mass is 10.1. The summed E-state index contributed by atoms with van der Waals surface area (Å²) in [5, 5.41) is 4.59. The van der Waals surface area contributed by atoms with Crippen molar-refractivity contribution in [2.75, 3.05) is 18.6 Å². The first kappa shape index (κ1) is 18.6. The van der Waals surface area contributed by atoms with Crippen LogP contribution in [-0.4, -0.2) is 36.4 Å². The number of thiazole rings is 1. The molecule has 2 rings (SSSR count). The van der Waals surface area contributed by atoms with Crippen LogP contribution in [-0.2, 0) is 9.47 Å². The first-order chi connectivity index (χ1) is 12.0. The molecule has 2 aromatic rings. The standard InChI is InChI=1S/C17H19N3O4S/c1-4-23-15(21)13-8-6-12(7-9-13)10-18-20-17-19-11(3)14(25-17)16(22)24-5-2/h6-10H,4-5H2,1-3H3,(H,19,20)/b18-10+. The molecule has 0 atom stereocenters. The van der Waals surface area contributed by atoms with Crippen LogP contribution in [0.2, 0.25) is 0 Å². The van der Waals surface area contributed by atoms with Crippen LogP contribution in [0.1, 0.15) is 45.1 Å². The highest BCUT2D eigenvalue weighted by Gasteiger charge is 2.15. The summed E-state index contributed by atoms with van der Waals surface area (Å²) in [5.74, 6) is -0.738. The van der Waals surface area contributed by atoms with Gasteiger partial charge in [0.25, 0.3) is 0 Å². The fraction of sp³-hybridized carbons (Fsp3) is 0.294. The zero-order valence-corrected chi connectivity index (χ0v) is 15.1. The van der Waals surface area contributed by atoms with Gasteiger partial charge in [0, 0.05) is 0 Å². The normalized spacial score (nSPS) is 10.7. The van der Waals surface area contributed by atoms with E-state index >= 15 is 0 Å². The van der Waals surface area contributed by atoms with Crippen LogP contribution in [0.3, 0.4) is 0 Å². The van der Waals surface area contributed by atoms with Crippen molar-refractivity contribution in [3.8, 4) is 0 Å². The minimum atomic E-state index is -0.385. The second-order valence-electron chi connectivity index (χ2n) is 4.87. The number of hydrogen-bond acceptors (Lipinski definition) is 8. The molecule has 1 heterocycles. The Bertz CT molecular complexity index is 769. The zero-order valence-electron chi connectivity index (χ0n) is 14.2. The van der Waals surface area contributed by atoms with Crippen molar-refractivity contribution < 1.29 is 19.1 Å². The van der Waals surface area contributed by atoms with E-state index < -0.39 is 0 Å². The van der Waals surface area contributed by atoms with Gasteiger partial charge in [0.2, 0.25) is 5.13 Å². The Morgan fingerprint density at radius 1 is 1.16 bits per heavy atom. The fourth-order valence-corrected chi connectivity index (χ4v) is 2.72. The lowest BCUT2D eigenvalue weighted by Crippen LogP contribution is -2.04. The molecule has 0 unspecified atom stereocenters. The summed E-state index contributed by atoms with van der Waals surface area (Å²) in [6, 6.07) is 6.86. The maximum atomic E-state index is 11.8. The van der Waals surface area contributed by atoms with Gasteiger partial charge in [-0.3, -0.25) is 5.43 Å². The SMILES string of the molecule is CCOC(=O)c1ccc(/C=N/Nc2nc(C)c(C(=O)OCC)s2)cc1. The molecule has 0 aliphatic heterocycles. The molecule has 1 N–H and O–H groups in total. The number of rotatable bonds is 7. The van der Waals surface area contributed by atoms with Crippen LogP contribution in [0, 0.1) is 6.92 Å². The maximum Gasteiger partial charge on any atom is 0.350 e. The summed E-state index contributed by atoms with van der Waals surface area (Å²) in [5.41, 5.74) is 4.68. The number of benzene rings is 1. The number of hydrogen-bond donors (Lipinski definition) is 1. The van der Waals surface area contributed by atoms with E-state index in [1.807, 2.05) is 0 Å². The molecule has 0 fully saturated rings. The second kappa shape index (κ2) is 8.93. The molecular weight excluding hydrogens is 342 g/mol. The molecule has 0 spiro atoms. The van der Waals surface area contributed by atoms with Crippen LogP contribution < -0.4 is 5.43 Å². The minimum Gasteiger partial charge on any atom is -0.462 e. The molecule has 1 aromatic heterocycles. The average molecular weight is 361 g/mol. The van der Waals surface area contributed by atoms with Crippen molar-refractivity contribution in [3.63, 3.8) is 0 Å². The van der Waals surface area contributed by atoms with Crippen LogP contribution in [0.25, 0.3) is 0 Å². The Balaban J connectivity index is 1.98. The number of nitrogens with one attached hydrogen (secondary N) is 1. The Morgan fingerprint density at radius 2 is 1.80 bits per heavy atom. The van der Waals surface area contributed by atoms with Gasteiger partial charge in [-0.15, -0.1) is 0 Å². The van der Waals surface area contributed by atoms with Gasteiger partial charge in [-0.2, -0.15) is 5.10 Å². The lowest BCUT2D eigenvalue weighted by molar-refractivity contribution is 0.0518. The fourth-order valence-electron chi connectivity index (χ4n) is 1.91. The first-order valence-corrected chi connectivity index (χ1v) is 8.57. The summed E-state index contributed by atoms with van der Waals surface area (Å²) in [6.07, 6.45) is 1.59. The molecule has 0 saturated heterocycles. The zero-order chi connectivity index (χ0) is 18.2. The number of carbonyl (C=O) groups is 2. The van der Waals surface area contributed by atoms with Crippen molar-refractivity contribution in [2.24, 2.45) is 5.10 Å². The molecular formula is C17H19N3O4S. The van der Waals surface area contributed by atoms with Crippen LogP contribution >= 0.6 is 11.3 Å². The predicted molar refractivity (Wildman–Crippen MR) is 96.4 cm³/mol. The number of anilines is 1. The van der Waals surface area contributed by atoms with Crippen molar-refractivity contribution in [1.82, 2.24) is 4.98 Å². The summed E-state index contributed by atoms with van der Waals surface area (Å²) < 4.78 is 9.90. The highest BCUT2D eigenvalue weighted by Crippen LogP contribution is 2.23. The average Bonchev–Trinajstić information content (AvgIpc) is 2.97. The van der Waals surface area contributed by atoms with Crippen LogP contribution in [0.4, 0.5) is 5.13 Å². The summed E-state index contributed by atoms with van der Waals surface area (Å²) in [6.45, 7) is 5.92. The molecule has 0 saturated carbocycles. The molecule has 0 aliphatic carbocycles. The molecule has 0 aliphatic rings. The molecule has 0 bridgehead atoms. The van der Waals surface area contributed by atoms with E-state index in [1.165, 1.54) is 11.3 Å². The van der Waals surface area contributed by atoms with E-state index in [4.69, 9.17) is 9.47 Å². The first-order valence-electron chi connectivity index (χ1n) is 7.76. The van der Waals surface area contributed by atoms with E-state index in [1.54, 1.807) is 51.3 Å². The maximum absolute atomic E-state index is 11.8. The number of nitrogens with zero attached hydrogens (tertiary/aromatic N) is 2. The van der Waals surface area contributed by atoms with Gasteiger partial charge in [-0.25, -0.2) is 14.6 Å². The van der Waals surface area contributed by atoms with Gasteiger partial charge in [0.15, 0.2) is 0 Å². The number of aryl methyl sites for hydroxylation is 1. The Hall–Kier alpha value is -2.74. The van der Waals surface area contributed by atoms with Crippen LogP contribution in [0.15, 0.2) is 29.4 Å². The smallest absolute Gasteiger partial charge is 0.350 e. The monoisotopic (exact) mass is 361 g/mol. The Morgan fingerprint density at radius 3 is 2.44 bits per heavy atom. The summed E-state index contributed by atoms with van der Waals surface area (Å²) in [4.78, 5) is 28.0. The Kier molecular flexibility index (Phi) is 6.64. The molecule has 1 aromatic carbocycles. The third-order valence-corrected chi connectivity index (χ3v) is 4.10. The third kappa shape index (κ3) is 5.12. The van der Waals surface area contributed by atoms with Gasteiger partial charge in [-0.05, 0) is 38.5 Å². The minimum absolute atomic E-state index is 0.318. The summed E-state index contributed by atoms with van der Waals surface area (Å²) in [7, 11) is 0. The number of carbonyl (C=O) groups excluding carboxylic acids is 2. The van der Waals surface area contributed by atoms with Gasteiger partial charge in [0.1, 0.15) is 4.88 Å². The number of aromatic nitrogens is 1. The highest BCUT2D eigenvalue weighted by atomic mass is 32.1. The van der Waals surface area contributed by atoms with Crippen molar-refractivity contribution >= 4 is 34.6 Å². The van der Waals surface area contributed by atoms with E-state index in [2.05, 4.69) is 15.5 Å². The number of esters is 2. The molecule has 0 amide bonds. The molecule has 0 radical (unpaired) electrons. The predicted octanol–water partition coefficient (Wildman–Crippen LogP) is 3.25. The highest BCUT2D eigenvalue weighted by molar-refractivity contribution is 7.17.